The van der Waals surface area contributed by atoms with Crippen molar-refractivity contribution in [2.24, 2.45) is 10.9 Å². The van der Waals surface area contributed by atoms with Gasteiger partial charge in [0.05, 0.1) is 16.8 Å². The second kappa shape index (κ2) is 9.05. The van der Waals surface area contributed by atoms with Gasteiger partial charge in [0, 0.05) is 17.8 Å². The summed E-state index contributed by atoms with van der Waals surface area (Å²) >= 11 is 6.30. The third kappa shape index (κ3) is 4.09. The zero-order valence-corrected chi connectivity index (χ0v) is 18.5. The van der Waals surface area contributed by atoms with Gasteiger partial charge in [-0.25, -0.2) is 0 Å². The van der Waals surface area contributed by atoms with Gasteiger partial charge in [0.25, 0.3) is 0 Å². The molecule has 1 aliphatic heterocycles. The summed E-state index contributed by atoms with van der Waals surface area (Å²) in [6.07, 6.45) is 9.31. The Balaban J connectivity index is 1.32. The van der Waals surface area contributed by atoms with Crippen LogP contribution < -0.4 is 10.1 Å². The molecule has 0 amide bonds. The van der Waals surface area contributed by atoms with Crippen molar-refractivity contribution in [1.82, 2.24) is 0 Å². The standard InChI is InChI=1S/C28H25ClN2O/c1-2-16-32-27-15-10-19(17-25(27)29)18-30-21-13-11-20(12-14-21)28-24-8-5-7-22(24)23-6-3-4-9-26(23)31-28/h2-7,9-15,17-18,22,24,28,31H,1,8,16H2/t22-,24+,28+/m1/s1. The number of nitrogens with zero attached hydrogens (tertiary/aromatic N) is 1. The van der Waals surface area contributed by atoms with Gasteiger partial charge in [0.2, 0.25) is 0 Å². The molecular formula is C28H25ClN2O. The number of hydrogen-bond acceptors (Lipinski definition) is 3. The average Bonchev–Trinajstić information content (AvgIpc) is 3.32. The minimum absolute atomic E-state index is 0.296. The normalized spacial score (nSPS) is 21.1. The Morgan fingerprint density at radius 3 is 2.75 bits per heavy atom. The maximum absolute atomic E-state index is 6.30. The van der Waals surface area contributed by atoms with Crippen molar-refractivity contribution in [1.29, 1.82) is 0 Å². The number of anilines is 1. The van der Waals surface area contributed by atoms with E-state index < -0.39 is 0 Å². The zero-order chi connectivity index (χ0) is 21.9. The predicted molar refractivity (Wildman–Crippen MR) is 134 cm³/mol. The summed E-state index contributed by atoms with van der Waals surface area (Å²) in [6.45, 7) is 4.08. The van der Waals surface area contributed by atoms with Crippen LogP contribution in [0, 0.1) is 5.92 Å². The fourth-order valence-corrected chi connectivity index (χ4v) is 4.90. The molecule has 3 nitrogen and oxygen atoms in total. The minimum Gasteiger partial charge on any atom is -0.488 e. The first-order chi connectivity index (χ1) is 15.7. The fraction of sp³-hybridized carbons (Fsp3) is 0.179. The van der Waals surface area contributed by atoms with Gasteiger partial charge in [-0.15, -0.1) is 0 Å². The molecule has 5 rings (SSSR count). The van der Waals surface area contributed by atoms with Crippen LogP contribution in [0.4, 0.5) is 11.4 Å². The molecule has 0 aromatic heterocycles. The maximum Gasteiger partial charge on any atom is 0.138 e. The highest BCUT2D eigenvalue weighted by atomic mass is 35.5. The number of hydrogen-bond donors (Lipinski definition) is 1. The topological polar surface area (TPSA) is 33.6 Å². The number of rotatable bonds is 6. The Labute approximate surface area is 194 Å². The lowest BCUT2D eigenvalue weighted by Gasteiger charge is -2.37. The molecule has 3 atom stereocenters. The molecule has 0 saturated heterocycles. The van der Waals surface area contributed by atoms with Crippen LogP contribution in [0.5, 0.6) is 5.75 Å². The van der Waals surface area contributed by atoms with E-state index in [1.54, 1.807) is 6.08 Å². The number of aliphatic imine (C=N–C) groups is 1. The van der Waals surface area contributed by atoms with Crippen LogP contribution in [0.15, 0.2) is 96.5 Å². The van der Waals surface area contributed by atoms with Gasteiger partial charge in [-0.2, -0.15) is 0 Å². The monoisotopic (exact) mass is 440 g/mol. The van der Waals surface area contributed by atoms with Gasteiger partial charge in [-0.05, 0) is 65.4 Å². The van der Waals surface area contributed by atoms with E-state index in [2.05, 4.69) is 77.6 Å². The molecule has 1 aliphatic carbocycles. The highest BCUT2D eigenvalue weighted by Gasteiger charge is 2.37. The number of halogens is 1. The molecule has 0 fully saturated rings. The second-order valence-electron chi connectivity index (χ2n) is 8.20. The van der Waals surface area contributed by atoms with Crippen molar-refractivity contribution in [3.63, 3.8) is 0 Å². The van der Waals surface area contributed by atoms with Crippen molar-refractivity contribution in [2.75, 3.05) is 11.9 Å². The summed E-state index contributed by atoms with van der Waals surface area (Å²) in [5.74, 6) is 1.68. The lowest BCUT2D eigenvalue weighted by molar-refractivity contribution is 0.363. The van der Waals surface area contributed by atoms with Crippen LogP contribution in [0.3, 0.4) is 0 Å². The number of allylic oxidation sites excluding steroid dienone is 2. The van der Waals surface area contributed by atoms with E-state index in [-0.39, 0.29) is 0 Å². The molecule has 1 N–H and O–H groups in total. The summed E-state index contributed by atoms with van der Waals surface area (Å²) < 4.78 is 5.52. The van der Waals surface area contributed by atoms with Gasteiger partial charge in [0.15, 0.2) is 0 Å². The zero-order valence-electron chi connectivity index (χ0n) is 17.7. The Morgan fingerprint density at radius 2 is 1.94 bits per heavy atom. The SMILES string of the molecule is C=CCOc1ccc(C=Nc2ccc([C@@H]3Nc4ccccc4[C@H]4C=CC[C@@H]43)cc2)cc1Cl. The predicted octanol–water partition coefficient (Wildman–Crippen LogP) is 7.48. The van der Waals surface area contributed by atoms with Crippen LogP contribution in [0.2, 0.25) is 5.02 Å². The van der Waals surface area contributed by atoms with Crippen molar-refractivity contribution >= 4 is 29.2 Å². The number of fused-ring (bicyclic) bond motifs is 3. The van der Waals surface area contributed by atoms with Gasteiger partial charge in [-0.3, -0.25) is 4.99 Å². The average molecular weight is 441 g/mol. The number of ether oxygens (including phenoxy) is 1. The summed E-state index contributed by atoms with van der Waals surface area (Å²) in [5.41, 5.74) is 5.78. The summed E-state index contributed by atoms with van der Waals surface area (Å²) in [4.78, 5) is 4.62. The van der Waals surface area contributed by atoms with E-state index in [9.17, 15) is 0 Å². The molecule has 160 valence electrons. The third-order valence-corrected chi connectivity index (χ3v) is 6.49. The quantitative estimate of drug-likeness (QED) is 0.318. The van der Waals surface area contributed by atoms with E-state index in [1.165, 1.54) is 16.8 Å². The van der Waals surface area contributed by atoms with Crippen LogP contribution in [0.25, 0.3) is 0 Å². The molecule has 4 heteroatoms. The first kappa shape index (κ1) is 20.6. The summed E-state index contributed by atoms with van der Waals surface area (Å²) in [7, 11) is 0. The molecule has 3 aromatic carbocycles. The number of para-hydroxylation sites is 1. The Kier molecular flexibility index (Phi) is 5.83. The first-order valence-electron chi connectivity index (χ1n) is 10.9. The third-order valence-electron chi connectivity index (χ3n) is 6.20. The highest BCUT2D eigenvalue weighted by molar-refractivity contribution is 6.32. The van der Waals surface area contributed by atoms with E-state index in [4.69, 9.17) is 16.3 Å². The minimum atomic E-state index is 0.296. The highest BCUT2D eigenvalue weighted by Crippen LogP contribution is 2.49. The Morgan fingerprint density at radius 1 is 1.09 bits per heavy atom. The molecule has 0 bridgehead atoms. The van der Waals surface area contributed by atoms with Gasteiger partial charge < -0.3 is 10.1 Å². The maximum atomic E-state index is 6.30. The molecule has 1 heterocycles. The van der Waals surface area contributed by atoms with E-state index in [1.807, 2.05) is 24.4 Å². The van der Waals surface area contributed by atoms with E-state index in [0.29, 0.717) is 35.3 Å². The number of nitrogens with one attached hydrogen (secondary N) is 1. The summed E-state index contributed by atoms with van der Waals surface area (Å²) in [6, 6.07) is 23.1. The Hall–Kier alpha value is -3.30. The number of benzene rings is 3. The smallest absolute Gasteiger partial charge is 0.138 e. The molecular weight excluding hydrogens is 416 g/mol. The fourth-order valence-electron chi connectivity index (χ4n) is 4.65. The molecule has 0 saturated carbocycles. The van der Waals surface area contributed by atoms with Crippen LogP contribution in [-0.2, 0) is 0 Å². The Bertz CT molecular complexity index is 1180. The second-order valence-corrected chi connectivity index (χ2v) is 8.61. The molecule has 32 heavy (non-hydrogen) atoms. The molecule has 0 unspecified atom stereocenters. The van der Waals surface area contributed by atoms with Crippen LogP contribution >= 0.6 is 11.6 Å². The van der Waals surface area contributed by atoms with Gasteiger partial charge >= 0.3 is 0 Å². The molecule has 2 aliphatic rings. The van der Waals surface area contributed by atoms with Crippen molar-refractivity contribution in [2.45, 2.75) is 18.4 Å². The lowest BCUT2D eigenvalue weighted by atomic mass is 9.77. The molecule has 3 aromatic rings. The van der Waals surface area contributed by atoms with Crippen molar-refractivity contribution in [3.8, 4) is 5.75 Å². The lowest BCUT2D eigenvalue weighted by Crippen LogP contribution is -2.28. The van der Waals surface area contributed by atoms with Crippen molar-refractivity contribution in [3.05, 3.63) is 113 Å². The van der Waals surface area contributed by atoms with Crippen LogP contribution in [-0.4, -0.2) is 12.8 Å². The van der Waals surface area contributed by atoms with Crippen LogP contribution in [0.1, 0.15) is 35.1 Å². The van der Waals surface area contributed by atoms with Crippen molar-refractivity contribution < 1.29 is 4.74 Å². The molecule has 0 spiro atoms. The first-order valence-corrected chi connectivity index (χ1v) is 11.3. The van der Waals surface area contributed by atoms with Gasteiger partial charge in [0.1, 0.15) is 12.4 Å². The summed E-state index contributed by atoms with van der Waals surface area (Å²) in [5, 5.41) is 4.34. The largest absolute Gasteiger partial charge is 0.488 e. The van der Waals surface area contributed by atoms with E-state index in [0.717, 1.165) is 17.7 Å². The van der Waals surface area contributed by atoms with E-state index >= 15 is 0 Å². The molecule has 0 radical (unpaired) electrons. The van der Waals surface area contributed by atoms with Gasteiger partial charge in [-0.1, -0.05) is 66.7 Å².